The van der Waals surface area contributed by atoms with Crippen molar-refractivity contribution in [1.82, 2.24) is 78.3 Å². The molecular weight excluding hydrogens is 1330 g/mol. The second kappa shape index (κ2) is 29.9. The first-order valence-electron chi connectivity index (χ1n) is 18.7. The van der Waals surface area contributed by atoms with Gasteiger partial charge in [-0.1, -0.05) is 49.1 Å². The van der Waals surface area contributed by atoms with Crippen LogP contribution in [0.1, 0.15) is 0 Å². The Kier molecular flexibility index (Phi) is 25.6. The molecule has 12 rings (SSSR count). The van der Waals surface area contributed by atoms with Gasteiger partial charge >= 0.3 is 0 Å². The van der Waals surface area contributed by atoms with Gasteiger partial charge in [0.25, 0.3) is 0 Å². The Balaban J connectivity index is 0.000000228. The van der Waals surface area contributed by atoms with Crippen LogP contribution in [-0.4, -0.2) is 90.5 Å². The fourth-order valence-corrected chi connectivity index (χ4v) is 5.82. The molecule has 12 aromatic heterocycles. The molecule has 0 fully saturated rings. The van der Waals surface area contributed by atoms with E-state index in [-0.39, 0.29) is 152 Å². The summed E-state index contributed by atoms with van der Waals surface area (Å²) < 4.78 is 7.45. The van der Waals surface area contributed by atoms with Crippen molar-refractivity contribution in [1.29, 1.82) is 0 Å². The van der Waals surface area contributed by atoms with E-state index in [1.165, 1.54) is 0 Å². The summed E-state index contributed by atoms with van der Waals surface area (Å²) in [5.74, 6) is 2.95. The topological polar surface area (TPSA) is 193 Å². The van der Waals surface area contributed by atoms with Crippen LogP contribution < -0.4 is 0 Å². The molecule has 0 aliphatic carbocycles. The average molecular weight is 1360 g/mol. The molecule has 1 N–H and O–H groups in total. The van der Waals surface area contributed by atoms with Gasteiger partial charge in [0.05, 0.1) is 22.6 Å². The number of rotatable bonds is 4. The molecule has 17 nitrogen and oxygen atoms in total. The minimum absolute atomic E-state index is 0. The van der Waals surface area contributed by atoms with Crippen molar-refractivity contribution in [3.63, 3.8) is 0 Å². The first-order chi connectivity index (χ1) is 30.8. The number of aromatic nitrogens is 16. The van der Waals surface area contributed by atoms with Gasteiger partial charge in [-0.2, -0.15) is 44.7 Å². The molecule has 0 spiro atoms. The third-order valence-corrected chi connectivity index (χ3v) is 8.59. The monoisotopic (exact) mass is 1360 g/mol. The average Bonchev–Trinajstić information content (AvgIpc) is 4.19. The number of fused-ring (bicyclic) bond motifs is 4. The Morgan fingerprint density at radius 3 is 0.746 bits per heavy atom. The molecule has 4 radical (unpaired) electrons. The molecule has 12 heterocycles. The van der Waals surface area contributed by atoms with Gasteiger partial charge in [0.2, 0.25) is 0 Å². The van der Waals surface area contributed by atoms with Gasteiger partial charge < -0.3 is 22.7 Å². The largest absolute Gasteiger partial charge is 0.400 e. The molecular formula is C45H32N16OPtY4-4. The number of hydrogen-bond donors (Lipinski definition) is 1. The third kappa shape index (κ3) is 14.6. The smallest absolute Gasteiger partial charge is 0.184 e. The van der Waals surface area contributed by atoms with Crippen LogP contribution in [0, 0.1) is 24.3 Å². The minimum Gasteiger partial charge on any atom is -0.400 e. The van der Waals surface area contributed by atoms with E-state index in [0.29, 0.717) is 0 Å². The fourth-order valence-electron chi connectivity index (χ4n) is 5.82. The molecule has 67 heavy (non-hydrogen) atoms. The molecule has 22 heteroatoms. The maximum absolute atomic E-state index is 7.00. The predicted octanol–water partition coefficient (Wildman–Crippen LogP) is 5.96. The standard InChI is InChI=1S/4C11H7N4.CH4O.Pt.4Y/c4*1-3-7-12-9(5-1)11-14-13-10-6-2-4-8-15(10)11;1-2;;;;;/h4*1-3,5-8H;2H,1H3;;;;;/q4*-1;;;;;;. The van der Waals surface area contributed by atoms with Crippen LogP contribution >= 0.6 is 0 Å². The van der Waals surface area contributed by atoms with Gasteiger partial charge in [-0.15, -0.1) is 20.4 Å². The molecule has 12 aromatic rings. The zero-order chi connectivity index (χ0) is 42.4. The maximum Gasteiger partial charge on any atom is 0.184 e. The van der Waals surface area contributed by atoms with Gasteiger partial charge in [0, 0.05) is 184 Å². The zero-order valence-electron chi connectivity index (χ0n) is 35.4. The summed E-state index contributed by atoms with van der Waals surface area (Å²) in [5, 5.41) is 39.6. The van der Waals surface area contributed by atoms with E-state index in [1.807, 2.05) is 139 Å². The summed E-state index contributed by atoms with van der Waals surface area (Å²) in [5.41, 5.74) is 6.44. The van der Waals surface area contributed by atoms with Crippen LogP contribution in [0.3, 0.4) is 0 Å². The summed E-state index contributed by atoms with van der Waals surface area (Å²) in [4.78, 5) is 16.9. The Morgan fingerprint density at radius 2 is 0.552 bits per heavy atom. The van der Waals surface area contributed by atoms with Crippen LogP contribution in [0.4, 0.5) is 0 Å². The van der Waals surface area contributed by atoms with Crippen molar-refractivity contribution < 1.29 is 157 Å². The molecule has 0 unspecified atom stereocenters. The van der Waals surface area contributed by atoms with Gasteiger partial charge in [-0.25, -0.2) is 48.5 Å². The number of hydrogen-bond acceptors (Lipinski definition) is 13. The second-order valence-corrected chi connectivity index (χ2v) is 12.4. The van der Waals surface area contributed by atoms with E-state index >= 15 is 0 Å². The van der Waals surface area contributed by atoms with Crippen molar-refractivity contribution in [2.45, 2.75) is 0 Å². The van der Waals surface area contributed by atoms with E-state index in [2.05, 4.69) is 85.0 Å². The minimum atomic E-state index is 0. The van der Waals surface area contributed by atoms with E-state index in [4.69, 9.17) is 5.11 Å². The maximum atomic E-state index is 7.00. The van der Waals surface area contributed by atoms with Gasteiger partial charge in [0.15, 0.2) is 23.3 Å². The number of aliphatic hydroxyl groups excluding tert-OH is 1. The van der Waals surface area contributed by atoms with Gasteiger partial charge in [-0.3, -0.25) is 19.9 Å². The Labute approximate surface area is 499 Å². The number of pyridine rings is 8. The molecule has 0 atom stereocenters. The molecule has 0 aliphatic heterocycles. The van der Waals surface area contributed by atoms with Crippen molar-refractivity contribution in [3.05, 3.63) is 195 Å². The number of aliphatic hydroxyl groups is 1. The molecule has 0 saturated heterocycles. The summed E-state index contributed by atoms with van der Waals surface area (Å²) in [6, 6.07) is 49.5. The normalized spacial score (nSPS) is 9.64. The summed E-state index contributed by atoms with van der Waals surface area (Å²) in [6.07, 6.45) is 14.2. The first kappa shape index (κ1) is 57.5. The fraction of sp³-hybridized carbons (Fsp3) is 0.0222. The van der Waals surface area contributed by atoms with Crippen LogP contribution in [0.15, 0.2) is 171 Å². The molecule has 324 valence electrons. The zero-order valence-corrected chi connectivity index (χ0v) is 49.0. The Morgan fingerprint density at radius 1 is 0.328 bits per heavy atom. The SMILES string of the molecule is CO.[Pt].[Y].[Y].[Y].[Y].[c-]1ccc2nnc(-c3ccccn3)n2c1.[c-]1ccc2nnc(-c3ccccn3)n2c1.[c-]1ccc2nnc(-c3ccccn3)n2c1.[c-]1ccc2nnc(-c3ccccn3)n2c1. The van der Waals surface area contributed by atoms with Crippen molar-refractivity contribution in [2.75, 3.05) is 7.11 Å². The molecule has 0 aliphatic rings. The van der Waals surface area contributed by atoms with Crippen LogP contribution in [0.25, 0.3) is 68.7 Å². The predicted molar refractivity (Wildman–Crippen MR) is 228 cm³/mol. The van der Waals surface area contributed by atoms with Crippen LogP contribution in [-0.2, 0) is 152 Å². The van der Waals surface area contributed by atoms with E-state index in [0.717, 1.165) is 75.8 Å². The third-order valence-electron chi connectivity index (χ3n) is 8.59. The van der Waals surface area contributed by atoms with Gasteiger partial charge in [-0.05, 0) is 48.5 Å². The second-order valence-electron chi connectivity index (χ2n) is 12.4. The van der Waals surface area contributed by atoms with Crippen molar-refractivity contribution in [3.8, 4) is 46.1 Å². The number of nitrogens with zero attached hydrogens (tertiary/aromatic N) is 16. The first-order valence-corrected chi connectivity index (χ1v) is 18.7. The van der Waals surface area contributed by atoms with Gasteiger partial charge in [0.1, 0.15) is 22.8 Å². The molecule has 0 aromatic carbocycles. The molecule has 0 saturated carbocycles. The Bertz CT molecular complexity index is 2820. The summed E-state index contributed by atoms with van der Waals surface area (Å²) in [6.45, 7) is 0. The van der Waals surface area contributed by atoms with E-state index in [9.17, 15) is 0 Å². The molecule has 0 amide bonds. The van der Waals surface area contributed by atoms with E-state index < -0.39 is 0 Å². The van der Waals surface area contributed by atoms with Crippen molar-refractivity contribution >= 4 is 22.6 Å². The van der Waals surface area contributed by atoms with E-state index in [1.54, 1.807) is 49.6 Å². The van der Waals surface area contributed by atoms with Crippen LogP contribution in [0.5, 0.6) is 0 Å². The quantitative estimate of drug-likeness (QED) is 0.203. The summed E-state index contributed by atoms with van der Waals surface area (Å²) in [7, 11) is 1.00. The molecule has 0 bridgehead atoms. The van der Waals surface area contributed by atoms with Crippen LogP contribution in [0.2, 0.25) is 0 Å². The van der Waals surface area contributed by atoms with Crippen molar-refractivity contribution in [2.24, 2.45) is 0 Å². The summed E-state index contributed by atoms with van der Waals surface area (Å²) >= 11 is 0. The Hall–Kier alpha value is -3.86.